The zero-order valence-corrected chi connectivity index (χ0v) is 21.2. The topological polar surface area (TPSA) is 85.7 Å². The molecule has 2 aliphatic rings. The van der Waals surface area contributed by atoms with Gasteiger partial charge in [-0.2, -0.15) is 0 Å². The van der Waals surface area contributed by atoms with Crippen LogP contribution in [0, 0.1) is 5.92 Å². The number of benzene rings is 1. The summed E-state index contributed by atoms with van der Waals surface area (Å²) in [5.41, 5.74) is 2.33. The first kappa shape index (κ1) is 24.4. The Labute approximate surface area is 197 Å². The molecule has 3 heterocycles. The SMILES string of the molecule is CC(CS(=O)(=O)Nc1ccc2c(c1)nc(C(C)(C)C)n2CC1CCOCC1)N1CCOCC1. The Bertz CT molecular complexity index is 1050. The first-order chi connectivity index (χ1) is 15.6. The molecule has 2 fully saturated rings. The summed E-state index contributed by atoms with van der Waals surface area (Å²) in [4.78, 5) is 7.12. The maximum atomic E-state index is 12.9. The van der Waals surface area contributed by atoms with E-state index in [2.05, 4.69) is 35.0 Å². The summed E-state index contributed by atoms with van der Waals surface area (Å²) in [5.74, 6) is 1.65. The van der Waals surface area contributed by atoms with Crippen molar-refractivity contribution in [3.63, 3.8) is 0 Å². The van der Waals surface area contributed by atoms with E-state index < -0.39 is 10.0 Å². The van der Waals surface area contributed by atoms with E-state index in [4.69, 9.17) is 14.5 Å². The van der Waals surface area contributed by atoms with Gasteiger partial charge < -0.3 is 14.0 Å². The number of nitrogens with one attached hydrogen (secondary N) is 1. The number of nitrogens with zero attached hydrogens (tertiary/aromatic N) is 3. The zero-order valence-electron chi connectivity index (χ0n) is 20.3. The summed E-state index contributed by atoms with van der Waals surface area (Å²) in [7, 11) is -3.49. The smallest absolute Gasteiger partial charge is 0.234 e. The summed E-state index contributed by atoms with van der Waals surface area (Å²) in [5, 5.41) is 0. The van der Waals surface area contributed by atoms with Gasteiger partial charge >= 0.3 is 0 Å². The van der Waals surface area contributed by atoms with Crippen LogP contribution in [0.4, 0.5) is 5.69 Å². The van der Waals surface area contributed by atoms with Crippen molar-refractivity contribution in [2.75, 3.05) is 50.0 Å². The predicted octanol–water partition coefficient (Wildman–Crippen LogP) is 3.22. The van der Waals surface area contributed by atoms with Gasteiger partial charge in [0, 0.05) is 44.3 Å². The highest BCUT2D eigenvalue weighted by Gasteiger charge is 2.26. The fourth-order valence-electron chi connectivity index (χ4n) is 4.80. The molecule has 33 heavy (non-hydrogen) atoms. The van der Waals surface area contributed by atoms with Crippen molar-refractivity contribution in [1.82, 2.24) is 14.5 Å². The van der Waals surface area contributed by atoms with Crippen molar-refractivity contribution in [3.05, 3.63) is 24.0 Å². The third-order valence-electron chi connectivity index (χ3n) is 6.60. The summed E-state index contributed by atoms with van der Waals surface area (Å²) in [6, 6.07) is 5.65. The molecule has 0 aliphatic carbocycles. The lowest BCUT2D eigenvalue weighted by molar-refractivity contribution is 0.0243. The van der Waals surface area contributed by atoms with Crippen molar-refractivity contribution >= 4 is 26.7 Å². The van der Waals surface area contributed by atoms with Crippen LogP contribution >= 0.6 is 0 Å². The number of sulfonamides is 1. The third kappa shape index (κ3) is 6.07. The fraction of sp³-hybridized carbons (Fsp3) is 0.708. The third-order valence-corrected chi connectivity index (χ3v) is 8.07. The van der Waals surface area contributed by atoms with Gasteiger partial charge in [0.25, 0.3) is 0 Å². The highest BCUT2D eigenvalue weighted by atomic mass is 32.2. The molecule has 0 radical (unpaired) electrons. The van der Waals surface area contributed by atoms with Gasteiger partial charge in [-0.1, -0.05) is 20.8 Å². The molecule has 1 atom stereocenters. The molecule has 0 bridgehead atoms. The Kier molecular flexibility index (Phi) is 7.33. The highest BCUT2D eigenvalue weighted by molar-refractivity contribution is 7.92. The number of anilines is 1. The number of ether oxygens (including phenoxy) is 2. The van der Waals surface area contributed by atoms with Crippen LogP contribution < -0.4 is 4.72 Å². The lowest BCUT2D eigenvalue weighted by atomic mass is 9.94. The Morgan fingerprint density at radius 3 is 2.45 bits per heavy atom. The summed E-state index contributed by atoms with van der Waals surface area (Å²) >= 11 is 0. The van der Waals surface area contributed by atoms with E-state index >= 15 is 0 Å². The summed E-state index contributed by atoms with van der Waals surface area (Å²) in [6.07, 6.45) is 2.12. The number of fused-ring (bicyclic) bond motifs is 1. The molecule has 1 aromatic heterocycles. The van der Waals surface area contributed by atoms with E-state index in [1.807, 2.05) is 25.1 Å². The molecule has 1 unspecified atom stereocenters. The molecule has 2 saturated heterocycles. The molecule has 2 aliphatic heterocycles. The van der Waals surface area contributed by atoms with Gasteiger partial charge in [0.15, 0.2) is 0 Å². The molecule has 1 N–H and O–H groups in total. The first-order valence-corrected chi connectivity index (χ1v) is 13.7. The molecular weight excluding hydrogens is 440 g/mol. The van der Waals surface area contributed by atoms with E-state index in [0.29, 0.717) is 24.8 Å². The minimum atomic E-state index is -3.49. The molecule has 2 aromatic rings. The van der Waals surface area contributed by atoms with Crippen molar-refractivity contribution in [2.45, 2.75) is 58.5 Å². The number of aromatic nitrogens is 2. The van der Waals surface area contributed by atoms with Crippen LogP contribution in [-0.2, 0) is 31.5 Å². The predicted molar refractivity (Wildman–Crippen MR) is 131 cm³/mol. The van der Waals surface area contributed by atoms with Gasteiger partial charge in [0.2, 0.25) is 10.0 Å². The van der Waals surface area contributed by atoms with Crippen LogP contribution in [0.2, 0.25) is 0 Å². The fourth-order valence-corrected chi connectivity index (χ4v) is 6.22. The number of imidazole rings is 1. The van der Waals surface area contributed by atoms with Crippen molar-refractivity contribution in [3.8, 4) is 0 Å². The van der Waals surface area contributed by atoms with Crippen molar-refractivity contribution in [2.24, 2.45) is 5.92 Å². The molecule has 184 valence electrons. The second-order valence-electron chi connectivity index (χ2n) is 10.4. The molecule has 9 heteroatoms. The van der Waals surface area contributed by atoms with Gasteiger partial charge in [-0.15, -0.1) is 0 Å². The second kappa shape index (κ2) is 9.90. The Balaban J connectivity index is 1.54. The number of hydrogen-bond acceptors (Lipinski definition) is 6. The van der Waals surface area contributed by atoms with E-state index in [1.54, 1.807) is 0 Å². The molecule has 0 spiro atoms. The Morgan fingerprint density at radius 2 is 1.79 bits per heavy atom. The highest BCUT2D eigenvalue weighted by Crippen LogP contribution is 2.30. The molecule has 0 amide bonds. The minimum absolute atomic E-state index is 0.0521. The van der Waals surface area contributed by atoms with Gasteiger partial charge in [-0.3, -0.25) is 9.62 Å². The van der Waals surface area contributed by atoms with E-state index in [1.165, 1.54) is 0 Å². The van der Waals surface area contributed by atoms with Crippen LogP contribution in [0.15, 0.2) is 18.2 Å². The number of hydrogen-bond donors (Lipinski definition) is 1. The molecule has 4 rings (SSSR count). The number of rotatable bonds is 7. The molecule has 0 saturated carbocycles. The lowest BCUT2D eigenvalue weighted by Gasteiger charge is -2.32. The quantitative estimate of drug-likeness (QED) is 0.658. The van der Waals surface area contributed by atoms with Crippen molar-refractivity contribution in [1.29, 1.82) is 0 Å². The van der Waals surface area contributed by atoms with E-state index in [0.717, 1.165) is 62.5 Å². The minimum Gasteiger partial charge on any atom is -0.381 e. The molecule has 1 aromatic carbocycles. The first-order valence-electron chi connectivity index (χ1n) is 12.0. The standard InChI is InChI=1S/C24H38N4O4S/c1-18(27-9-13-32-14-10-27)17-33(29,30)26-20-5-6-22-21(15-20)25-23(24(2,3)4)28(22)16-19-7-11-31-12-8-19/h5-6,15,18-19,26H,7-14,16-17H2,1-4H3. The Hall–Kier alpha value is -1.68. The average molecular weight is 479 g/mol. The van der Waals surface area contributed by atoms with Crippen molar-refractivity contribution < 1.29 is 17.9 Å². The van der Waals surface area contributed by atoms with E-state index in [9.17, 15) is 8.42 Å². The van der Waals surface area contributed by atoms with Crippen LogP contribution in [0.3, 0.4) is 0 Å². The maximum absolute atomic E-state index is 12.9. The van der Waals surface area contributed by atoms with Gasteiger partial charge in [-0.05, 0) is 43.9 Å². The monoisotopic (exact) mass is 478 g/mol. The second-order valence-corrected chi connectivity index (χ2v) is 12.2. The summed E-state index contributed by atoms with van der Waals surface area (Å²) < 4.78 is 41.8. The summed E-state index contributed by atoms with van der Waals surface area (Å²) in [6.45, 7) is 13.9. The van der Waals surface area contributed by atoms with Crippen LogP contribution in [-0.4, -0.2) is 74.2 Å². The van der Waals surface area contributed by atoms with Gasteiger partial charge in [0.1, 0.15) is 5.82 Å². The van der Waals surface area contributed by atoms with Crippen LogP contribution in [0.1, 0.15) is 46.4 Å². The lowest BCUT2D eigenvalue weighted by Crippen LogP contribution is -2.45. The van der Waals surface area contributed by atoms with E-state index in [-0.39, 0.29) is 17.2 Å². The number of morpholine rings is 1. The van der Waals surface area contributed by atoms with Gasteiger partial charge in [-0.25, -0.2) is 13.4 Å². The largest absolute Gasteiger partial charge is 0.381 e. The van der Waals surface area contributed by atoms with Crippen LogP contribution in [0.5, 0.6) is 0 Å². The normalized spacial score (nSPS) is 20.2. The molecule has 8 nitrogen and oxygen atoms in total. The van der Waals surface area contributed by atoms with Crippen LogP contribution in [0.25, 0.3) is 11.0 Å². The average Bonchev–Trinajstić information content (AvgIpc) is 3.12. The van der Waals surface area contributed by atoms with Gasteiger partial charge in [0.05, 0.1) is 35.7 Å². The Morgan fingerprint density at radius 1 is 1.12 bits per heavy atom. The maximum Gasteiger partial charge on any atom is 0.234 e. The zero-order chi connectivity index (χ0) is 23.6. The molecular formula is C24H38N4O4S.